The molecule has 1 unspecified atom stereocenters. The van der Waals surface area contributed by atoms with E-state index >= 15 is 0 Å². The van der Waals surface area contributed by atoms with Crippen molar-refractivity contribution in [2.24, 2.45) is 5.92 Å². The first-order valence-corrected chi connectivity index (χ1v) is 7.57. The molecule has 2 aromatic rings. The highest BCUT2D eigenvalue weighted by atomic mass is 32.1. The lowest BCUT2D eigenvalue weighted by molar-refractivity contribution is -0.126. The molecule has 2 N–H and O–H groups in total. The van der Waals surface area contributed by atoms with Crippen LogP contribution in [0.1, 0.15) is 12.1 Å². The molecule has 3 heterocycles. The van der Waals surface area contributed by atoms with Gasteiger partial charge in [-0.3, -0.25) is 14.5 Å². The standard InChI is InChI=1S/C13H15N5O2S/c19-11-5-9(7-18(11)13-16-3-4-21-13)12(20)15-2-1-10-6-14-8-17-10/h3-4,6,8-9H,1-2,5,7H2,(H,14,17)(H,15,20). The van der Waals surface area contributed by atoms with Crippen molar-refractivity contribution in [2.45, 2.75) is 12.8 Å². The second-order valence-corrected chi connectivity index (χ2v) is 5.71. The second kappa shape index (κ2) is 6.04. The summed E-state index contributed by atoms with van der Waals surface area (Å²) in [4.78, 5) is 36.7. The Morgan fingerprint density at radius 1 is 1.57 bits per heavy atom. The van der Waals surface area contributed by atoms with E-state index in [9.17, 15) is 9.59 Å². The lowest BCUT2D eigenvalue weighted by Gasteiger charge is -2.13. The quantitative estimate of drug-likeness (QED) is 0.845. The first-order chi connectivity index (χ1) is 10.2. The van der Waals surface area contributed by atoms with Crippen LogP contribution in [0.4, 0.5) is 5.13 Å². The Morgan fingerprint density at radius 2 is 2.48 bits per heavy atom. The molecule has 2 aromatic heterocycles. The molecule has 1 aliphatic rings. The SMILES string of the molecule is O=C(NCCc1cnc[nH]1)C1CC(=O)N(c2nccs2)C1. The maximum atomic E-state index is 12.1. The minimum atomic E-state index is -0.303. The molecule has 7 nitrogen and oxygen atoms in total. The van der Waals surface area contributed by atoms with Crippen LogP contribution in [0.25, 0.3) is 0 Å². The van der Waals surface area contributed by atoms with Crippen LogP contribution in [0.5, 0.6) is 0 Å². The number of nitrogens with one attached hydrogen (secondary N) is 2. The van der Waals surface area contributed by atoms with Crippen LogP contribution in [-0.2, 0) is 16.0 Å². The Hall–Kier alpha value is -2.22. The van der Waals surface area contributed by atoms with E-state index in [-0.39, 0.29) is 24.2 Å². The smallest absolute Gasteiger partial charge is 0.229 e. The average Bonchev–Trinajstić information content (AvgIpc) is 3.19. The summed E-state index contributed by atoms with van der Waals surface area (Å²) in [6.45, 7) is 0.936. The maximum Gasteiger partial charge on any atom is 0.229 e. The van der Waals surface area contributed by atoms with Gasteiger partial charge in [-0.25, -0.2) is 9.97 Å². The highest BCUT2D eigenvalue weighted by Crippen LogP contribution is 2.26. The summed E-state index contributed by atoms with van der Waals surface area (Å²) in [5.74, 6) is -0.427. The Morgan fingerprint density at radius 3 is 3.19 bits per heavy atom. The van der Waals surface area contributed by atoms with Gasteiger partial charge in [0, 0.05) is 49.4 Å². The van der Waals surface area contributed by atoms with Crippen molar-refractivity contribution in [3.8, 4) is 0 Å². The molecule has 1 aliphatic heterocycles. The van der Waals surface area contributed by atoms with Gasteiger partial charge in [-0.05, 0) is 0 Å². The molecule has 0 aliphatic carbocycles. The van der Waals surface area contributed by atoms with E-state index in [0.717, 1.165) is 5.69 Å². The molecular formula is C13H15N5O2S. The number of carbonyl (C=O) groups is 2. The number of carbonyl (C=O) groups excluding carboxylic acids is 2. The second-order valence-electron chi connectivity index (χ2n) is 4.84. The molecule has 2 amide bonds. The summed E-state index contributed by atoms with van der Waals surface area (Å²) in [7, 11) is 0. The zero-order chi connectivity index (χ0) is 14.7. The van der Waals surface area contributed by atoms with Crippen LogP contribution in [0.2, 0.25) is 0 Å². The van der Waals surface area contributed by atoms with E-state index in [1.807, 2.05) is 5.38 Å². The predicted molar refractivity (Wildman–Crippen MR) is 77.9 cm³/mol. The number of imidazole rings is 1. The molecule has 3 rings (SSSR count). The third kappa shape index (κ3) is 3.10. The van der Waals surface area contributed by atoms with E-state index in [0.29, 0.717) is 24.6 Å². The van der Waals surface area contributed by atoms with Crippen molar-refractivity contribution < 1.29 is 9.59 Å². The van der Waals surface area contributed by atoms with Gasteiger partial charge >= 0.3 is 0 Å². The number of aromatic amines is 1. The fraction of sp³-hybridized carbons (Fsp3) is 0.385. The molecule has 1 fully saturated rings. The number of H-pyrrole nitrogens is 1. The number of amides is 2. The molecule has 1 saturated heterocycles. The van der Waals surface area contributed by atoms with Crippen LogP contribution < -0.4 is 10.2 Å². The van der Waals surface area contributed by atoms with Gasteiger partial charge in [0.2, 0.25) is 11.8 Å². The zero-order valence-electron chi connectivity index (χ0n) is 11.3. The number of hydrogen-bond acceptors (Lipinski definition) is 5. The van der Waals surface area contributed by atoms with Crippen LogP contribution in [-0.4, -0.2) is 39.9 Å². The van der Waals surface area contributed by atoms with E-state index in [1.54, 1.807) is 23.6 Å². The van der Waals surface area contributed by atoms with Crippen LogP contribution >= 0.6 is 11.3 Å². The predicted octanol–water partition coefficient (Wildman–Crippen LogP) is 0.578. The summed E-state index contributed by atoms with van der Waals surface area (Å²) in [6, 6.07) is 0. The number of anilines is 1. The van der Waals surface area contributed by atoms with Gasteiger partial charge in [0.25, 0.3) is 0 Å². The minimum Gasteiger partial charge on any atom is -0.355 e. The normalized spacial score (nSPS) is 18.2. The summed E-state index contributed by atoms with van der Waals surface area (Å²) in [6.07, 6.45) is 5.94. The number of thiazole rings is 1. The molecule has 8 heteroatoms. The van der Waals surface area contributed by atoms with Crippen molar-refractivity contribution in [3.05, 3.63) is 29.8 Å². The van der Waals surface area contributed by atoms with Gasteiger partial charge in [0.1, 0.15) is 0 Å². The fourth-order valence-corrected chi connectivity index (χ4v) is 2.97. The molecule has 1 atom stereocenters. The van der Waals surface area contributed by atoms with E-state index in [2.05, 4.69) is 20.3 Å². The zero-order valence-corrected chi connectivity index (χ0v) is 12.1. The van der Waals surface area contributed by atoms with Crippen molar-refractivity contribution in [1.29, 1.82) is 0 Å². The third-order valence-electron chi connectivity index (χ3n) is 3.39. The van der Waals surface area contributed by atoms with Crippen molar-refractivity contribution in [3.63, 3.8) is 0 Å². The first-order valence-electron chi connectivity index (χ1n) is 6.69. The third-order valence-corrected chi connectivity index (χ3v) is 4.19. The molecule has 0 saturated carbocycles. The maximum absolute atomic E-state index is 12.1. The average molecular weight is 305 g/mol. The van der Waals surface area contributed by atoms with Gasteiger partial charge in [-0.15, -0.1) is 11.3 Å². The number of nitrogens with zero attached hydrogens (tertiary/aromatic N) is 3. The van der Waals surface area contributed by atoms with E-state index < -0.39 is 0 Å². The van der Waals surface area contributed by atoms with E-state index in [1.165, 1.54) is 11.3 Å². The number of hydrogen-bond donors (Lipinski definition) is 2. The van der Waals surface area contributed by atoms with Crippen molar-refractivity contribution >= 4 is 28.3 Å². The van der Waals surface area contributed by atoms with Gasteiger partial charge < -0.3 is 10.3 Å². The fourth-order valence-electron chi connectivity index (χ4n) is 2.30. The van der Waals surface area contributed by atoms with Crippen LogP contribution in [0, 0.1) is 5.92 Å². The topological polar surface area (TPSA) is 91.0 Å². The van der Waals surface area contributed by atoms with Gasteiger partial charge in [-0.2, -0.15) is 0 Å². The van der Waals surface area contributed by atoms with Crippen molar-refractivity contribution in [2.75, 3.05) is 18.0 Å². The largest absolute Gasteiger partial charge is 0.355 e. The summed E-state index contributed by atoms with van der Waals surface area (Å²) < 4.78 is 0. The molecule has 21 heavy (non-hydrogen) atoms. The summed E-state index contributed by atoms with van der Waals surface area (Å²) in [5.41, 5.74) is 0.974. The molecule has 110 valence electrons. The molecule has 0 aromatic carbocycles. The molecular weight excluding hydrogens is 290 g/mol. The summed E-state index contributed by atoms with van der Waals surface area (Å²) in [5, 5.41) is 5.35. The first kappa shape index (κ1) is 13.7. The highest BCUT2D eigenvalue weighted by Gasteiger charge is 2.35. The number of rotatable bonds is 5. The number of aromatic nitrogens is 3. The van der Waals surface area contributed by atoms with Crippen LogP contribution in [0.3, 0.4) is 0 Å². The van der Waals surface area contributed by atoms with E-state index in [4.69, 9.17) is 0 Å². The molecule has 0 spiro atoms. The molecule has 0 bridgehead atoms. The Bertz CT molecular complexity index is 611. The van der Waals surface area contributed by atoms with Gasteiger partial charge in [0.05, 0.1) is 12.2 Å². The van der Waals surface area contributed by atoms with Crippen LogP contribution in [0.15, 0.2) is 24.1 Å². The van der Waals surface area contributed by atoms with Crippen molar-refractivity contribution in [1.82, 2.24) is 20.3 Å². The monoisotopic (exact) mass is 305 g/mol. The Balaban J connectivity index is 1.51. The molecule has 0 radical (unpaired) electrons. The Kier molecular flexibility index (Phi) is 3.96. The lowest BCUT2D eigenvalue weighted by Crippen LogP contribution is -2.34. The summed E-state index contributed by atoms with van der Waals surface area (Å²) >= 11 is 1.41. The minimum absolute atomic E-state index is 0.0429. The van der Waals surface area contributed by atoms with Gasteiger partial charge in [-0.1, -0.05) is 0 Å². The highest BCUT2D eigenvalue weighted by molar-refractivity contribution is 7.13. The van der Waals surface area contributed by atoms with Gasteiger partial charge in [0.15, 0.2) is 5.13 Å². The Labute approximate surface area is 125 Å². The lowest BCUT2D eigenvalue weighted by atomic mass is 10.1.